The van der Waals surface area contributed by atoms with Crippen LogP contribution >= 0.6 is 11.3 Å². The molecule has 0 amide bonds. The molecular formula is C47H32N2S. The molecule has 236 valence electrons. The fourth-order valence-electron chi connectivity index (χ4n) is 9.04. The highest BCUT2D eigenvalue weighted by atomic mass is 32.1. The first-order valence-electron chi connectivity index (χ1n) is 17.5. The van der Waals surface area contributed by atoms with Gasteiger partial charge in [-0.1, -0.05) is 140 Å². The van der Waals surface area contributed by atoms with Crippen molar-refractivity contribution in [2.45, 2.75) is 19.4 Å². The number of hydrogen-bond acceptors (Lipinski definition) is 1. The molecule has 0 bridgehead atoms. The van der Waals surface area contributed by atoms with Crippen LogP contribution in [0.25, 0.3) is 98.5 Å². The summed E-state index contributed by atoms with van der Waals surface area (Å²) in [4.78, 5) is 1.22. The van der Waals surface area contributed by atoms with E-state index in [1.807, 2.05) is 17.4 Å². The van der Waals surface area contributed by atoms with Gasteiger partial charge >= 0.3 is 0 Å². The molecule has 0 spiro atoms. The summed E-state index contributed by atoms with van der Waals surface area (Å²) in [6.45, 7) is 6.23. The fourth-order valence-corrected chi connectivity index (χ4v) is 10.2. The Labute approximate surface area is 293 Å². The van der Waals surface area contributed by atoms with Gasteiger partial charge in [0.1, 0.15) is 0 Å². The molecule has 4 aromatic heterocycles. The lowest BCUT2D eigenvalue weighted by atomic mass is 9.94. The van der Waals surface area contributed by atoms with Gasteiger partial charge in [0, 0.05) is 58.2 Å². The Kier molecular flexibility index (Phi) is 5.77. The van der Waals surface area contributed by atoms with Crippen LogP contribution in [0, 0.1) is 0 Å². The molecule has 0 saturated heterocycles. The summed E-state index contributed by atoms with van der Waals surface area (Å²) in [6.07, 6.45) is 14.5. The number of para-hydroxylation sites is 3. The highest BCUT2D eigenvalue weighted by molar-refractivity contribution is 7.20. The van der Waals surface area contributed by atoms with Crippen molar-refractivity contribution in [2.75, 3.05) is 0 Å². The molecule has 1 aliphatic rings. The van der Waals surface area contributed by atoms with E-state index in [-0.39, 0.29) is 6.04 Å². The Morgan fingerprint density at radius 1 is 0.680 bits per heavy atom. The molecule has 3 heteroatoms. The Morgan fingerprint density at radius 2 is 1.34 bits per heavy atom. The van der Waals surface area contributed by atoms with E-state index < -0.39 is 0 Å². The van der Waals surface area contributed by atoms with Gasteiger partial charge in [-0.3, -0.25) is 0 Å². The maximum absolute atomic E-state index is 4.15. The van der Waals surface area contributed by atoms with Gasteiger partial charge in [-0.15, -0.1) is 11.3 Å². The molecule has 1 unspecified atom stereocenters. The lowest BCUT2D eigenvalue weighted by Gasteiger charge is -2.22. The van der Waals surface area contributed by atoms with Crippen LogP contribution in [0.5, 0.6) is 0 Å². The quantitative estimate of drug-likeness (QED) is 0.178. The van der Waals surface area contributed by atoms with E-state index in [1.54, 1.807) is 0 Å². The van der Waals surface area contributed by atoms with Crippen LogP contribution in [-0.2, 0) is 0 Å². The van der Waals surface area contributed by atoms with Gasteiger partial charge < -0.3 is 8.97 Å². The SMILES string of the molecule is C=Cc1sc2c(C3=CC(n4c5ccccc5c5ccc6ccc7c8cccc9c%10ccccc%10n(c98)c7c6c54)CC=C3)cccc2c1/C=C\C. The number of thiophene rings is 1. The lowest BCUT2D eigenvalue weighted by molar-refractivity contribution is 0.651. The van der Waals surface area contributed by atoms with E-state index >= 15 is 0 Å². The molecule has 0 saturated carbocycles. The number of allylic oxidation sites excluding steroid dienone is 5. The van der Waals surface area contributed by atoms with E-state index in [0.717, 1.165) is 6.42 Å². The molecule has 2 nitrogen and oxygen atoms in total. The smallest absolute Gasteiger partial charge is 0.0641 e. The molecule has 50 heavy (non-hydrogen) atoms. The molecule has 0 aliphatic heterocycles. The maximum Gasteiger partial charge on any atom is 0.0641 e. The standard InChI is InChI=1S/C47H32N2S/c1-3-12-34-39-20-10-17-31(47(39)50-42(34)4-2)29-13-9-14-30(27-29)48-40-21-7-5-16-33(40)37-25-23-28-24-26-38-36-19-11-18-35-32-15-6-8-22-41(32)49(44(35)36)46(38)43(28)45(37)48/h3-13,15-27,30H,2,14H2,1H3/b12-3-. The number of fused-ring (bicyclic) bond motifs is 13. The molecule has 10 aromatic rings. The minimum atomic E-state index is 0.146. The van der Waals surface area contributed by atoms with Crippen molar-refractivity contribution in [3.63, 3.8) is 0 Å². The van der Waals surface area contributed by atoms with Crippen molar-refractivity contribution in [3.05, 3.63) is 156 Å². The van der Waals surface area contributed by atoms with E-state index in [4.69, 9.17) is 0 Å². The molecule has 6 aromatic carbocycles. The highest BCUT2D eigenvalue weighted by Gasteiger charge is 2.25. The van der Waals surface area contributed by atoms with Crippen LogP contribution in [0.15, 0.2) is 140 Å². The summed E-state index contributed by atoms with van der Waals surface area (Å²) < 4.78 is 6.52. The second kappa shape index (κ2) is 10.3. The molecular weight excluding hydrogens is 625 g/mol. The maximum atomic E-state index is 4.15. The van der Waals surface area contributed by atoms with Crippen LogP contribution < -0.4 is 0 Å². The first-order valence-corrected chi connectivity index (χ1v) is 18.3. The second-order valence-electron chi connectivity index (χ2n) is 13.6. The predicted octanol–water partition coefficient (Wildman–Crippen LogP) is 13.6. The highest BCUT2D eigenvalue weighted by Crippen LogP contribution is 2.47. The third kappa shape index (κ3) is 3.57. The van der Waals surface area contributed by atoms with Gasteiger partial charge in [0.25, 0.3) is 0 Å². The van der Waals surface area contributed by atoms with Gasteiger partial charge in [0.2, 0.25) is 0 Å². The normalized spacial score (nSPS) is 15.5. The van der Waals surface area contributed by atoms with Crippen LogP contribution in [0.1, 0.15) is 35.4 Å². The van der Waals surface area contributed by atoms with Gasteiger partial charge in [0.15, 0.2) is 0 Å². The number of aromatic nitrogens is 2. The van der Waals surface area contributed by atoms with Gasteiger partial charge in [-0.25, -0.2) is 0 Å². The molecule has 4 heterocycles. The lowest BCUT2D eigenvalue weighted by Crippen LogP contribution is -2.09. The molecule has 1 atom stereocenters. The summed E-state index contributed by atoms with van der Waals surface area (Å²) >= 11 is 1.84. The van der Waals surface area contributed by atoms with Crippen molar-refractivity contribution in [2.24, 2.45) is 0 Å². The van der Waals surface area contributed by atoms with Crippen molar-refractivity contribution in [1.82, 2.24) is 8.97 Å². The van der Waals surface area contributed by atoms with Crippen molar-refractivity contribution >= 4 is 110 Å². The van der Waals surface area contributed by atoms with Crippen LogP contribution in [0.3, 0.4) is 0 Å². The van der Waals surface area contributed by atoms with Gasteiger partial charge in [-0.2, -0.15) is 0 Å². The van der Waals surface area contributed by atoms with E-state index in [1.165, 1.54) is 102 Å². The van der Waals surface area contributed by atoms with Crippen LogP contribution in [-0.4, -0.2) is 8.97 Å². The van der Waals surface area contributed by atoms with E-state index in [9.17, 15) is 0 Å². The Balaban J connectivity index is 1.26. The minimum Gasteiger partial charge on any atom is -0.333 e. The average molecular weight is 657 g/mol. The zero-order valence-electron chi connectivity index (χ0n) is 27.7. The fraction of sp³-hybridized carbons (Fsp3) is 0.0638. The molecule has 0 radical (unpaired) electrons. The Bertz CT molecular complexity index is 3150. The summed E-state index contributed by atoms with van der Waals surface area (Å²) in [6, 6.07) is 41.0. The molecule has 11 rings (SSSR count). The van der Waals surface area contributed by atoms with Gasteiger partial charge in [0.05, 0.1) is 28.1 Å². The predicted molar refractivity (Wildman–Crippen MR) is 219 cm³/mol. The van der Waals surface area contributed by atoms with Crippen LogP contribution in [0.4, 0.5) is 0 Å². The molecule has 0 fully saturated rings. The monoisotopic (exact) mass is 656 g/mol. The zero-order valence-corrected chi connectivity index (χ0v) is 28.5. The summed E-state index contributed by atoms with van der Waals surface area (Å²) in [5, 5.41) is 11.8. The summed E-state index contributed by atoms with van der Waals surface area (Å²) in [5.74, 6) is 0. The van der Waals surface area contributed by atoms with Crippen LogP contribution in [0.2, 0.25) is 0 Å². The second-order valence-corrected chi connectivity index (χ2v) is 14.6. The first-order chi connectivity index (χ1) is 24.7. The Morgan fingerprint density at radius 3 is 2.14 bits per heavy atom. The average Bonchev–Trinajstić information content (AvgIpc) is 3.90. The number of nitrogens with zero attached hydrogens (tertiary/aromatic N) is 2. The topological polar surface area (TPSA) is 9.34 Å². The largest absolute Gasteiger partial charge is 0.333 e. The summed E-state index contributed by atoms with van der Waals surface area (Å²) in [5.41, 5.74) is 10.3. The number of benzene rings is 6. The van der Waals surface area contributed by atoms with Crippen molar-refractivity contribution < 1.29 is 0 Å². The number of rotatable bonds is 4. The van der Waals surface area contributed by atoms with Crippen molar-refractivity contribution in [1.29, 1.82) is 0 Å². The Hall–Kier alpha value is -5.90. The zero-order chi connectivity index (χ0) is 33.1. The number of hydrogen-bond donors (Lipinski definition) is 0. The molecule has 1 aliphatic carbocycles. The first kappa shape index (κ1) is 28.0. The van der Waals surface area contributed by atoms with Crippen molar-refractivity contribution in [3.8, 4) is 0 Å². The van der Waals surface area contributed by atoms with Gasteiger partial charge in [-0.05, 0) is 47.6 Å². The minimum absolute atomic E-state index is 0.146. The third-order valence-electron chi connectivity index (χ3n) is 11.0. The third-order valence-corrected chi connectivity index (χ3v) is 12.3. The molecule has 0 N–H and O–H groups in total. The van der Waals surface area contributed by atoms with E-state index in [2.05, 4.69) is 162 Å². The van der Waals surface area contributed by atoms with E-state index in [0.29, 0.717) is 0 Å². The summed E-state index contributed by atoms with van der Waals surface area (Å²) in [7, 11) is 0.